The first-order valence-electron chi connectivity index (χ1n) is 6.10. The first-order valence-corrected chi connectivity index (χ1v) is 6.89. The van der Waals surface area contributed by atoms with Crippen molar-refractivity contribution in [2.45, 2.75) is 33.7 Å². The van der Waals surface area contributed by atoms with Gasteiger partial charge in [0.1, 0.15) is 5.69 Å². The Labute approximate surface area is 120 Å². The van der Waals surface area contributed by atoms with Crippen LogP contribution < -0.4 is 5.32 Å². The zero-order valence-corrected chi connectivity index (χ0v) is 13.0. The topological polar surface area (TPSA) is 62.7 Å². The average molecular weight is 325 g/mol. The van der Waals surface area contributed by atoms with Crippen LogP contribution in [-0.2, 0) is 0 Å². The van der Waals surface area contributed by atoms with E-state index in [1.807, 2.05) is 44.5 Å². The number of H-pyrrole nitrogens is 1. The van der Waals surface area contributed by atoms with E-state index in [4.69, 9.17) is 0 Å². The Kier molecular flexibility index (Phi) is 3.80. The molecule has 5 nitrogen and oxygen atoms in total. The fourth-order valence-corrected chi connectivity index (χ4v) is 2.27. The van der Waals surface area contributed by atoms with E-state index in [-0.39, 0.29) is 11.9 Å². The van der Waals surface area contributed by atoms with Gasteiger partial charge < -0.3 is 9.88 Å². The van der Waals surface area contributed by atoms with Crippen LogP contribution in [0.4, 0.5) is 5.82 Å². The molecular formula is C13H17BrN4O. The molecule has 0 aliphatic heterocycles. The molecule has 0 saturated heterocycles. The zero-order valence-electron chi connectivity index (χ0n) is 11.4. The van der Waals surface area contributed by atoms with E-state index in [1.54, 1.807) is 0 Å². The lowest BCUT2D eigenvalue weighted by Gasteiger charge is -2.12. The fraction of sp³-hybridized carbons (Fsp3) is 0.385. The minimum Gasteiger partial charge on any atom is -0.340 e. The maximum atomic E-state index is 12.3. The Morgan fingerprint density at radius 1 is 1.47 bits per heavy atom. The third-order valence-electron chi connectivity index (χ3n) is 3.09. The number of carbonyl (C=O) groups excluding carboxylic acids is 1. The molecular weight excluding hydrogens is 308 g/mol. The largest absolute Gasteiger partial charge is 0.340 e. The summed E-state index contributed by atoms with van der Waals surface area (Å²) in [5.74, 6) is 0.420. The van der Waals surface area contributed by atoms with Gasteiger partial charge >= 0.3 is 0 Å². The molecule has 2 heterocycles. The second-order valence-electron chi connectivity index (χ2n) is 4.82. The van der Waals surface area contributed by atoms with Gasteiger partial charge in [-0.1, -0.05) is 0 Å². The molecule has 1 amide bonds. The molecule has 0 atom stereocenters. The summed E-state index contributed by atoms with van der Waals surface area (Å²) in [5.41, 5.74) is 2.52. The summed E-state index contributed by atoms with van der Waals surface area (Å²) in [6, 6.07) is 2.03. The lowest BCUT2D eigenvalue weighted by Crippen LogP contribution is -2.18. The van der Waals surface area contributed by atoms with E-state index in [0.29, 0.717) is 11.5 Å². The number of carbonyl (C=O) groups is 1. The minimum absolute atomic E-state index is 0.158. The number of anilines is 1. The van der Waals surface area contributed by atoms with Gasteiger partial charge in [-0.15, -0.1) is 0 Å². The molecule has 2 N–H and O–H groups in total. The van der Waals surface area contributed by atoms with Crippen molar-refractivity contribution in [2.75, 3.05) is 5.32 Å². The van der Waals surface area contributed by atoms with Crippen molar-refractivity contribution < 1.29 is 4.79 Å². The van der Waals surface area contributed by atoms with Gasteiger partial charge in [0.2, 0.25) is 0 Å². The predicted molar refractivity (Wildman–Crippen MR) is 78.5 cm³/mol. The number of halogens is 1. The van der Waals surface area contributed by atoms with Crippen molar-refractivity contribution in [3.05, 3.63) is 33.7 Å². The first kappa shape index (κ1) is 13.9. The van der Waals surface area contributed by atoms with E-state index >= 15 is 0 Å². The SMILES string of the molecule is Cc1[nH]nc(NC(=O)c2cc(Br)cn2C(C)C)c1C. The Bertz CT molecular complexity index is 612. The molecule has 0 bridgehead atoms. The summed E-state index contributed by atoms with van der Waals surface area (Å²) in [5, 5.41) is 9.77. The Morgan fingerprint density at radius 2 is 2.16 bits per heavy atom. The predicted octanol–water partition coefficient (Wildman–Crippen LogP) is 3.42. The average Bonchev–Trinajstić information content (AvgIpc) is 2.87. The summed E-state index contributed by atoms with van der Waals surface area (Å²) >= 11 is 3.40. The van der Waals surface area contributed by atoms with Crippen LogP contribution in [-0.4, -0.2) is 20.7 Å². The lowest BCUT2D eigenvalue weighted by molar-refractivity contribution is 0.101. The van der Waals surface area contributed by atoms with Gasteiger partial charge in [0.05, 0.1) is 0 Å². The molecule has 6 heteroatoms. The number of rotatable bonds is 3. The van der Waals surface area contributed by atoms with Crippen LogP contribution >= 0.6 is 15.9 Å². The summed E-state index contributed by atoms with van der Waals surface area (Å²) in [6.07, 6.45) is 1.90. The molecule has 0 aliphatic carbocycles. The van der Waals surface area contributed by atoms with Crippen molar-refractivity contribution >= 4 is 27.7 Å². The summed E-state index contributed by atoms with van der Waals surface area (Å²) in [6.45, 7) is 7.91. The van der Waals surface area contributed by atoms with E-state index in [1.165, 1.54) is 0 Å². The molecule has 0 unspecified atom stereocenters. The smallest absolute Gasteiger partial charge is 0.273 e. The van der Waals surface area contributed by atoms with Gasteiger partial charge in [0.15, 0.2) is 5.82 Å². The highest BCUT2D eigenvalue weighted by Crippen LogP contribution is 2.21. The molecule has 0 aliphatic rings. The molecule has 0 spiro atoms. The molecule has 0 aromatic carbocycles. The van der Waals surface area contributed by atoms with Crippen LogP contribution in [0.15, 0.2) is 16.7 Å². The summed E-state index contributed by atoms with van der Waals surface area (Å²) < 4.78 is 2.81. The van der Waals surface area contributed by atoms with Crippen molar-refractivity contribution in [3.63, 3.8) is 0 Å². The molecule has 0 radical (unpaired) electrons. The maximum Gasteiger partial charge on any atom is 0.273 e. The number of aromatic amines is 1. The van der Waals surface area contributed by atoms with Gasteiger partial charge in [0, 0.05) is 28.0 Å². The monoisotopic (exact) mass is 324 g/mol. The normalized spacial score (nSPS) is 11.1. The fourth-order valence-electron chi connectivity index (χ4n) is 1.83. The van der Waals surface area contributed by atoms with Crippen molar-refractivity contribution in [1.82, 2.24) is 14.8 Å². The standard InChI is InChI=1S/C13H17BrN4O/c1-7(2)18-6-10(14)5-11(18)13(19)15-12-8(3)9(4)16-17-12/h5-7H,1-4H3,(H2,15,16,17,19). The Morgan fingerprint density at radius 3 is 2.68 bits per heavy atom. The number of aryl methyl sites for hydroxylation is 1. The number of hydrogen-bond acceptors (Lipinski definition) is 2. The van der Waals surface area contributed by atoms with Gasteiger partial charge in [-0.25, -0.2) is 0 Å². The van der Waals surface area contributed by atoms with Gasteiger partial charge in [-0.2, -0.15) is 5.10 Å². The number of amides is 1. The second kappa shape index (κ2) is 5.21. The van der Waals surface area contributed by atoms with Crippen molar-refractivity contribution in [3.8, 4) is 0 Å². The first-order chi connectivity index (χ1) is 8.90. The summed E-state index contributed by atoms with van der Waals surface area (Å²) in [4.78, 5) is 12.3. The summed E-state index contributed by atoms with van der Waals surface area (Å²) in [7, 11) is 0. The van der Waals surface area contributed by atoms with Crippen molar-refractivity contribution in [2.24, 2.45) is 0 Å². The highest BCUT2D eigenvalue weighted by molar-refractivity contribution is 9.10. The third-order valence-corrected chi connectivity index (χ3v) is 3.52. The van der Waals surface area contributed by atoms with Crippen LogP contribution in [0.1, 0.15) is 41.6 Å². The molecule has 2 rings (SSSR count). The highest BCUT2D eigenvalue weighted by atomic mass is 79.9. The minimum atomic E-state index is -0.158. The van der Waals surface area contributed by atoms with E-state index in [2.05, 4.69) is 31.4 Å². The number of nitrogens with one attached hydrogen (secondary N) is 2. The van der Waals surface area contributed by atoms with Crippen LogP contribution in [0.3, 0.4) is 0 Å². The van der Waals surface area contributed by atoms with Gasteiger partial charge in [0.25, 0.3) is 5.91 Å². The zero-order chi connectivity index (χ0) is 14.2. The van der Waals surface area contributed by atoms with Gasteiger partial charge in [-0.05, 0) is 49.7 Å². The van der Waals surface area contributed by atoms with Gasteiger partial charge in [-0.3, -0.25) is 9.89 Å². The lowest BCUT2D eigenvalue weighted by atomic mass is 10.2. The van der Waals surface area contributed by atoms with E-state index < -0.39 is 0 Å². The number of hydrogen-bond donors (Lipinski definition) is 2. The molecule has 19 heavy (non-hydrogen) atoms. The van der Waals surface area contributed by atoms with Crippen LogP contribution in [0.25, 0.3) is 0 Å². The van der Waals surface area contributed by atoms with E-state index in [9.17, 15) is 4.79 Å². The van der Waals surface area contributed by atoms with Crippen LogP contribution in [0.2, 0.25) is 0 Å². The molecule has 0 fully saturated rings. The van der Waals surface area contributed by atoms with Crippen LogP contribution in [0, 0.1) is 13.8 Å². The van der Waals surface area contributed by atoms with Crippen LogP contribution in [0.5, 0.6) is 0 Å². The highest BCUT2D eigenvalue weighted by Gasteiger charge is 2.17. The maximum absolute atomic E-state index is 12.3. The molecule has 102 valence electrons. The third kappa shape index (κ3) is 2.73. The van der Waals surface area contributed by atoms with E-state index in [0.717, 1.165) is 15.7 Å². The molecule has 2 aromatic rings. The number of nitrogens with zero attached hydrogens (tertiary/aromatic N) is 2. The van der Waals surface area contributed by atoms with Crippen molar-refractivity contribution in [1.29, 1.82) is 0 Å². The Balaban J connectivity index is 2.28. The molecule has 0 saturated carbocycles. The molecule has 2 aromatic heterocycles. The number of aromatic nitrogens is 3. The quantitative estimate of drug-likeness (QED) is 0.908. The second-order valence-corrected chi connectivity index (χ2v) is 5.74. The Hall–Kier alpha value is -1.56.